The van der Waals surface area contributed by atoms with Crippen LogP contribution in [-0.4, -0.2) is 58.0 Å². The summed E-state index contributed by atoms with van der Waals surface area (Å²) >= 11 is 6.17. The Bertz CT molecular complexity index is 1800. The molecular weight excluding hydrogens is 662 g/mol. The van der Waals surface area contributed by atoms with Crippen LogP contribution < -0.4 is 19.1 Å². The van der Waals surface area contributed by atoms with E-state index in [2.05, 4.69) is 5.32 Å². The SMILES string of the molecule is COc1ccc(S(=O)(=O)N(CC(=O)N(Cc2cccc(OC)c2)[C@H](Cc2ccccc2)C(=O)NC2CCCCC2)c2ccc(Cl)cc2)cc1. The van der Waals surface area contributed by atoms with Crippen LogP contribution in [0.15, 0.2) is 108 Å². The smallest absolute Gasteiger partial charge is 0.264 e. The lowest BCUT2D eigenvalue weighted by Gasteiger charge is -2.35. The van der Waals surface area contributed by atoms with E-state index in [1.54, 1.807) is 49.6 Å². The van der Waals surface area contributed by atoms with E-state index >= 15 is 0 Å². The van der Waals surface area contributed by atoms with E-state index in [4.69, 9.17) is 21.1 Å². The van der Waals surface area contributed by atoms with Crippen molar-refractivity contribution < 1.29 is 27.5 Å². The first-order valence-electron chi connectivity index (χ1n) is 16.4. The van der Waals surface area contributed by atoms with Gasteiger partial charge in [-0.3, -0.25) is 13.9 Å². The molecule has 0 saturated heterocycles. The highest BCUT2D eigenvalue weighted by atomic mass is 35.5. The molecule has 0 unspecified atom stereocenters. The maximum atomic E-state index is 14.7. The number of halogens is 1. The van der Waals surface area contributed by atoms with Gasteiger partial charge >= 0.3 is 0 Å². The van der Waals surface area contributed by atoms with Crippen molar-refractivity contribution in [3.8, 4) is 11.5 Å². The standard InChI is InChI=1S/C38H42ClN3O6S/c1-47-33-20-22-35(23-21-33)49(45,46)42(32-18-16-30(39)17-19-32)27-37(43)41(26-29-12-9-15-34(24-29)48-2)36(25-28-10-5-3-6-11-28)38(44)40-31-13-7-4-8-14-31/h3,5-6,9-12,15-24,31,36H,4,7-8,13-14,25-27H2,1-2H3,(H,40,44)/t36-/m1/s1. The summed E-state index contributed by atoms with van der Waals surface area (Å²) in [6.07, 6.45) is 5.17. The van der Waals surface area contributed by atoms with Crippen LogP contribution in [0, 0.1) is 0 Å². The number of methoxy groups -OCH3 is 2. The molecule has 0 aliphatic heterocycles. The summed E-state index contributed by atoms with van der Waals surface area (Å²) in [5.41, 5.74) is 1.85. The first-order valence-corrected chi connectivity index (χ1v) is 18.2. The largest absolute Gasteiger partial charge is 0.497 e. The molecule has 0 heterocycles. The number of nitrogens with one attached hydrogen (secondary N) is 1. The molecule has 0 radical (unpaired) electrons. The number of nitrogens with zero attached hydrogens (tertiary/aromatic N) is 2. The van der Waals surface area contributed by atoms with Crippen molar-refractivity contribution in [1.29, 1.82) is 0 Å². The molecular formula is C38H42ClN3O6S. The number of anilines is 1. The van der Waals surface area contributed by atoms with Crippen molar-refractivity contribution in [1.82, 2.24) is 10.2 Å². The van der Waals surface area contributed by atoms with Crippen LogP contribution in [0.2, 0.25) is 5.02 Å². The molecule has 1 aliphatic rings. The number of rotatable bonds is 14. The summed E-state index contributed by atoms with van der Waals surface area (Å²) in [6, 6.07) is 28.1. The molecule has 4 aromatic carbocycles. The summed E-state index contributed by atoms with van der Waals surface area (Å²) in [6.45, 7) is -0.523. The number of sulfonamides is 1. The zero-order valence-electron chi connectivity index (χ0n) is 27.8. The summed E-state index contributed by atoms with van der Waals surface area (Å²) in [4.78, 5) is 30.5. The summed E-state index contributed by atoms with van der Waals surface area (Å²) in [5.74, 6) is 0.268. The Kier molecular flexibility index (Phi) is 12.2. The van der Waals surface area contributed by atoms with Crippen LogP contribution in [0.4, 0.5) is 5.69 Å². The average molecular weight is 704 g/mol. The van der Waals surface area contributed by atoms with Gasteiger partial charge in [0.25, 0.3) is 10.0 Å². The van der Waals surface area contributed by atoms with Crippen LogP contribution in [0.25, 0.3) is 0 Å². The first kappa shape index (κ1) is 35.8. The molecule has 0 spiro atoms. The van der Waals surface area contributed by atoms with Gasteiger partial charge in [0.1, 0.15) is 24.1 Å². The number of ether oxygens (including phenoxy) is 2. The molecule has 0 bridgehead atoms. The monoisotopic (exact) mass is 703 g/mol. The molecule has 5 rings (SSSR count). The third-order valence-electron chi connectivity index (χ3n) is 8.75. The van der Waals surface area contributed by atoms with Gasteiger partial charge in [0.2, 0.25) is 11.8 Å². The average Bonchev–Trinajstić information content (AvgIpc) is 3.13. The molecule has 258 valence electrons. The Morgan fingerprint density at radius 2 is 1.47 bits per heavy atom. The summed E-state index contributed by atoms with van der Waals surface area (Å²) in [5, 5.41) is 3.64. The molecule has 11 heteroatoms. The van der Waals surface area contributed by atoms with Gasteiger partial charge in [-0.05, 0) is 84.6 Å². The highest BCUT2D eigenvalue weighted by Gasteiger charge is 2.35. The van der Waals surface area contributed by atoms with Crippen molar-refractivity contribution in [2.24, 2.45) is 0 Å². The lowest BCUT2D eigenvalue weighted by atomic mass is 9.94. The van der Waals surface area contributed by atoms with Gasteiger partial charge in [-0.25, -0.2) is 8.42 Å². The van der Waals surface area contributed by atoms with Crippen molar-refractivity contribution in [3.05, 3.63) is 119 Å². The lowest BCUT2D eigenvalue weighted by Crippen LogP contribution is -2.55. The number of hydrogen-bond acceptors (Lipinski definition) is 6. The number of carbonyl (C=O) groups excluding carboxylic acids is 2. The fourth-order valence-electron chi connectivity index (χ4n) is 6.08. The van der Waals surface area contributed by atoms with Crippen LogP contribution in [0.1, 0.15) is 43.2 Å². The van der Waals surface area contributed by atoms with E-state index in [-0.39, 0.29) is 35.5 Å². The molecule has 2 amide bonds. The fourth-order valence-corrected chi connectivity index (χ4v) is 7.62. The second-order valence-corrected chi connectivity index (χ2v) is 14.4. The fraction of sp³-hybridized carbons (Fsp3) is 0.316. The molecule has 1 fully saturated rings. The van der Waals surface area contributed by atoms with E-state index in [9.17, 15) is 18.0 Å². The summed E-state index contributed by atoms with van der Waals surface area (Å²) < 4.78 is 40.3. The van der Waals surface area contributed by atoms with Gasteiger partial charge in [-0.15, -0.1) is 0 Å². The zero-order chi connectivity index (χ0) is 34.8. The second kappa shape index (κ2) is 16.7. The zero-order valence-corrected chi connectivity index (χ0v) is 29.3. The van der Waals surface area contributed by atoms with Crippen molar-refractivity contribution in [2.75, 3.05) is 25.1 Å². The predicted octanol–water partition coefficient (Wildman–Crippen LogP) is 6.64. The number of hydrogen-bond donors (Lipinski definition) is 1. The summed E-state index contributed by atoms with van der Waals surface area (Å²) in [7, 11) is -1.21. The number of benzene rings is 4. The van der Waals surface area contributed by atoms with Gasteiger partial charge in [0.05, 0.1) is 24.8 Å². The Morgan fingerprint density at radius 1 is 0.816 bits per heavy atom. The van der Waals surface area contributed by atoms with Crippen molar-refractivity contribution >= 4 is 39.1 Å². The van der Waals surface area contributed by atoms with Crippen LogP contribution in [0.5, 0.6) is 11.5 Å². The third kappa shape index (κ3) is 9.33. The quantitative estimate of drug-likeness (QED) is 0.158. The Labute approximate surface area is 293 Å². The van der Waals surface area contributed by atoms with E-state index in [1.807, 2.05) is 48.5 Å². The van der Waals surface area contributed by atoms with E-state index < -0.39 is 28.5 Å². The highest BCUT2D eigenvalue weighted by Crippen LogP contribution is 2.28. The van der Waals surface area contributed by atoms with Crippen LogP contribution >= 0.6 is 11.6 Å². The van der Waals surface area contributed by atoms with Gasteiger partial charge in [-0.2, -0.15) is 0 Å². The maximum Gasteiger partial charge on any atom is 0.264 e. The minimum atomic E-state index is -4.26. The third-order valence-corrected chi connectivity index (χ3v) is 10.8. The molecule has 1 aliphatic carbocycles. The van der Waals surface area contributed by atoms with Gasteiger partial charge in [0, 0.05) is 24.0 Å². The number of carbonyl (C=O) groups is 2. The predicted molar refractivity (Wildman–Crippen MR) is 191 cm³/mol. The van der Waals surface area contributed by atoms with Crippen LogP contribution in [0.3, 0.4) is 0 Å². The molecule has 9 nitrogen and oxygen atoms in total. The van der Waals surface area contributed by atoms with Crippen molar-refractivity contribution in [2.45, 2.75) is 62.0 Å². The van der Waals surface area contributed by atoms with Gasteiger partial charge in [0.15, 0.2) is 0 Å². The van der Waals surface area contributed by atoms with Crippen LogP contribution in [-0.2, 0) is 32.6 Å². The topological polar surface area (TPSA) is 105 Å². The molecule has 0 aromatic heterocycles. The Hall–Kier alpha value is -4.54. The van der Waals surface area contributed by atoms with Crippen molar-refractivity contribution in [3.63, 3.8) is 0 Å². The molecule has 1 N–H and O–H groups in total. The van der Waals surface area contributed by atoms with Gasteiger partial charge < -0.3 is 19.7 Å². The molecule has 49 heavy (non-hydrogen) atoms. The molecule has 1 saturated carbocycles. The minimum Gasteiger partial charge on any atom is -0.497 e. The maximum absolute atomic E-state index is 14.7. The number of amides is 2. The Balaban J connectivity index is 1.57. The lowest BCUT2D eigenvalue weighted by molar-refractivity contribution is -0.140. The molecule has 1 atom stereocenters. The van der Waals surface area contributed by atoms with E-state index in [0.29, 0.717) is 16.5 Å². The second-order valence-electron chi connectivity index (χ2n) is 12.1. The first-order chi connectivity index (χ1) is 23.7. The van der Waals surface area contributed by atoms with Gasteiger partial charge in [-0.1, -0.05) is 73.3 Å². The Morgan fingerprint density at radius 3 is 2.12 bits per heavy atom. The van der Waals surface area contributed by atoms with E-state index in [1.165, 1.54) is 24.1 Å². The highest BCUT2D eigenvalue weighted by molar-refractivity contribution is 7.92. The van der Waals surface area contributed by atoms with E-state index in [0.717, 1.165) is 47.5 Å². The molecule has 4 aromatic rings. The minimum absolute atomic E-state index is 0.00862. The normalized spacial score (nSPS) is 14.0.